The van der Waals surface area contributed by atoms with Crippen LogP contribution < -0.4 is 0 Å². The van der Waals surface area contributed by atoms with E-state index in [0.29, 0.717) is 13.2 Å². The molecular formula is C16H24O3. The molecule has 1 N–H and O–H groups in total. The van der Waals surface area contributed by atoms with Crippen molar-refractivity contribution < 1.29 is 14.6 Å². The van der Waals surface area contributed by atoms with E-state index in [9.17, 15) is 5.11 Å². The van der Waals surface area contributed by atoms with Crippen LogP contribution in [0.5, 0.6) is 0 Å². The van der Waals surface area contributed by atoms with E-state index in [1.54, 1.807) is 7.11 Å². The van der Waals surface area contributed by atoms with Gasteiger partial charge in [-0.1, -0.05) is 37.6 Å². The number of hydrogen-bond donors (Lipinski definition) is 1. The molecule has 106 valence electrons. The van der Waals surface area contributed by atoms with Gasteiger partial charge in [0.2, 0.25) is 0 Å². The Bertz CT molecular complexity index is 379. The van der Waals surface area contributed by atoms with Crippen molar-refractivity contribution >= 4 is 0 Å². The zero-order valence-corrected chi connectivity index (χ0v) is 11.9. The molecule has 3 nitrogen and oxygen atoms in total. The number of hydrogen-bond acceptors (Lipinski definition) is 3. The molecule has 19 heavy (non-hydrogen) atoms. The van der Waals surface area contributed by atoms with Crippen molar-refractivity contribution in [2.24, 2.45) is 0 Å². The van der Waals surface area contributed by atoms with Crippen LogP contribution in [-0.4, -0.2) is 31.0 Å². The van der Waals surface area contributed by atoms with Crippen molar-refractivity contribution in [3.8, 4) is 0 Å². The second-order valence-electron chi connectivity index (χ2n) is 5.28. The topological polar surface area (TPSA) is 38.7 Å². The van der Waals surface area contributed by atoms with Crippen LogP contribution in [-0.2, 0) is 15.9 Å². The molecule has 0 aliphatic carbocycles. The number of aliphatic hydroxyl groups is 1. The van der Waals surface area contributed by atoms with Gasteiger partial charge in [-0.05, 0) is 17.5 Å². The van der Waals surface area contributed by atoms with Crippen LogP contribution in [0.3, 0.4) is 0 Å². The fourth-order valence-corrected chi connectivity index (χ4v) is 2.77. The zero-order chi connectivity index (χ0) is 13.7. The second kappa shape index (κ2) is 6.51. The first-order chi connectivity index (χ1) is 9.22. The zero-order valence-electron chi connectivity index (χ0n) is 11.9. The van der Waals surface area contributed by atoms with Crippen LogP contribution in [0.2, 0.25) is 0 Å². The van der Waals surface area contributed by atoms with E-state index in [0.717, 1.165) is 31.2 Å². The van der Waals surface area contributed by atoms with E-state index in [2.05, 4.69) is 19.1 Å². The van der Waals surface area contributed by atoms with Crippen LogP contribution in [0.25, 0.3) is 0 Å². The Morgan fingerprint density at radius 3 is 2.42 bits per heavy atom. The highest BCUT2D eigenvalue weighted by molar-refractivity contribution is 5.26. The third-order valence-corrected chi connectivity index (χ3v) is 4.08. The van der Waals surface area contributed by atoms with Gasteiger partial charge in [-0.25, -0.2) is 0 Å². The molecule has 1 aromatic carbocycles. The maximum Gasteiger partial charge on any atom is 0.108 e. The molecule has 1 saturated heterocycles. The molecule has 1 atom stereocenters. The Morgan fingerprint density at radius 2 is 1.89 bits per heavy atom. The predicted octanol–water partition coefficient (Wildman–Crippen LogP) is 2.87. The minimum Gasteiger partial charge on any atom is -0.385 e. The van der Waals surface area contributed by atoms with E-state index in [-0.39, 0.29) is 0 Å². The first-order valence-corrected chi connectivity index (χ1v) is 7.11. The minimum atomic E-state index is -0.586. The van der Waals surface area contributed by atoms with Gasteiger partial charge in [-0.2, -0.15) is 0 Å². The Balaban J connectivity index is 2.14. The normalized spacial score (nSPS) is 20.2. The lowest BCUT2D eigenvalue weighted by Crippen LogP contribution is -2.43. The van der Waals surface area contributed by atoms with Crippen molar-refractivity contribution in [2.45, 2.75) is 44.3 Å². The van der Waals surface area contributed by atoms with Gasteiger partial charge in [0.25, 0.3) is 0 Å². The van der Waals surface area contributed by atoms with E-state index >= 15 is 0 Å². The number of benzene rings is 1. The van der Waals surface area contributed by atoms with Gasteiger partial charge in [-0.15, -0.1) is 0 Å². The first-order valence-electron chi connectivity index (χ1n) is 7.11. The summed E-state index contributed by atoms with van der Waals surface area (Å²) >= 11 is 0. The number of aryl methyl sites for hydroxylation is 1. The summed E-state index contributed by atoms with van der Waals surface area (Å²) in [6.45, 7) is 3.47. The average Bonchev–Trinajstić information content (AvgIpc) is 2.48. The summed E-state index contributed by atoms with van der Waals surface area (Å²) in [4.78, 5) is 0. The molecule has 1 fully saturated rings. The highest BCUT2D eigenvalue weighted by Gasteiger charge is 2.40. The van der Waals surface area contributed by atoms with Crippen LogP contribution in [0.15, 0.2) is 24.3 Å². The summed E-state index contributed by atoms with van der Waals surface area (Å²) in [5.74, 6) is 0. The quantitative estimate of drug-likeness (QED) is 0.888. The Hall–Kier alpha value is -0.900. The van der Waals surface area contributed by atoms with Gasteiger partial charge in [0, 0.05) is 33.2 Å². The number of aliphatic hydroxyl groups excluding tert-OH is 1. The fraction of sp³-hybridized carbons (Fsp3) is 0.625. The lowest BCUT2D eigenvalue weighted by Gasteiger charge is -2.39. The van der Waals surface area contributed by atoms with Crippen molar-refractivity contribution in [1.29, 1.82) is 0 Å². The lowest BCUT2D eigenvalue weighted by atomic mass is 9.84. The predicted molar refractivity (Wildman–Crippen MR) is 75.2 cm³/mol. The number of rotatable bonds is 5. The molecular weight excluding hydrogens is 240 g/mol. The van der Waals surface area contributed by atoms with Crippen LogP contribution in [0, 0.1) is 0 Å². The Morgan fingerprint density at radius 1 is 1.26 bits per heavy atom. The summed E-state index contributed by atoms with van der Waals surface area (Å²) < 4.78 is 11.0. The van der Waals surface area contributed by atoms with Crippen LogP contribution in [0.4, 0.5) is 0 Å². The van der Waals surface area contributed by atoms with E-state index in [1.807, 2.05) is 12.1 Å². The van der Waals surface area contributed by atoms with Crippen molar-refractivity contribution in [1.82, 2.24) is 0 Å². The van der Waals surface area contributed by atoms with Crippen LogP contribution in [0.1, 0.15) is 43.4 Å². The Labute approximate surface area is 115 Å². The van der Waals surface area contributed by atoms with Gasteiger partial charge in [0.1, 0.15) is 11.7 Å². The van der Waals surface area contributed by atoms with Gasteiger partial charge >= 0.3 is 0 Å². The molecule has 1 aromatic rings. The fourth-order valence-electron chi connectivity index (χ4n) is 2.77. The van der Waals surface area contributed by atoms with E-state index in [4.69, 9.17) is 9.47 Å². The summed E-state index contributed by atoms with van der Waals surface area (Å²) in [6, 6.07) is 8.24. The molecule has 0 radical (unpaired) electrons. The Kier molecular flexibility index (Phi) is 4.97. The summed E-state index contributed by atoms with van der Waals surface area (Å²) in [6.07, 6.45) is 3.11. The van der Waals surface area contributed by atoms with E-state index < -0.39 is 11.7 Å². The minimum absolute atomic E-state index is 0.496. The molecule has 0 bridgehead atoms. The van der Waals surface area contributed by atoms with Crippen molar-refractivity contribution in [3.63, 3.8) is 0 Å². The number of ether oxygens (including phenoxy) is 2. The molecule has 0 amide bonds. The SMILES string of the molecule is CCCc1ccc(C(O)C2(OC)CCOCC2)cc1. The molecule has 1 aliphatic rings. The monoisotopic (exact) mass is 264 g/mol. The smallest absolute Gasteiger partial charge is 0.108 e. The third kappa shape index (κ3) is 3.16. The molecule has 1 heterocycles. The standard InChI is InChI=1S/C16H24O3/c1-3-4-13-5-7-14(8-6-13)15(17)16(18-2)9-11-19-12-10-16/h5-8,15,17H,3-4,9-12H2,1-2H3. The highest BCUT2D eigenvalue weighted by Crippen LogP contribution is 2.37. The largest absolute Gasteiger partial charge is 0.385 e. The summed E-state index contributed by atoms with van der Waals surface area (Å²) in [5, 5.41) is 10.6. The average molecular weight is 264 g/mol. The van der Waals surface area contributed by atoms with Gasteiger partial charge < -0.3 is 14.6 Å². The molecule has 1 unspecified atom stereocenters. The van der Waals surface area contributed by atoms with Gasteiger partial charge in [-0.3, -0.25) is 0 Å². The molecule has 1 aliphatic heterocycles. The number of methoxy groups -OCH3 is 1. The maximum atomic E-state index is 10.6. The van der Waals surface area contributed by atoms with E-state index in [1.165, 1.54) is 5.56 Å². The van der Waals surface area contributed by atoms with Crippen LogP contribution >= 0.6 is 0 Å². The molecule has 0 spiro atoms. The third-order valence-electron chi connectivity index (χ3n) is 4.08. The van der Waals surface area contributed by atoms with Crippen molar-refractivity contribution in [2.75, 3.05) is 20.3 Å². The summed E-state index contributed by atoms with van der Waals surface area (Å²) in [7, 11) is 1.68. The first kappa shape index (κ1) is 14.5. The molecule has 2 rings (SSSR count). The highest BCUT2D eigenvalue weighted by atomic mass is 16.5. The molecule has 0 saturated carbocycles. The van der Waals surface area contributed by atoms with Gasteiger partial charge in [0.05, 0.1) is 0 Å². The summed E-state index contributed by atoms with van der Waals surface area (Å²) in [5.41, 5.74) is 1.75. The lowest BCUT2D eigenvalue weighted by molar-refractivity contribution is -0.154. The molecule has 0 aromatic heterocycles. The van der Waals surface area contributed by atoms with Crippen molar-refractivity contribution in [3.05, 3.63) is 35.4 Å². The van der Waals surface area contributed by atoms with Gasteiger partial charge in [0.15, 0.2) is 0 Å². The molecule has 3 heteroatoms. The maximum absolute atomic E-state index is 10.6. The second-order valence-corrected chi connectivity index (χ2v) is 5.28.